The van der Waals surface area contributed by atoms with E-state index >= 15 is 0 Å². The molecule has 0 aliphatic heterocycles. The van der Waals surface area contributed by atoms with Crippen LogP contribution in [0.4, 0.5) is 4.79 Å². The maximum atomic E-state index is 13.0. The number of nitrogens with zero attached hydrogens (tertiary/aromatic N) is 1. The summed E-state index contributed by atoms with van der Waals surface area (Å²) in [6, 6.07) is 20.3. The molecule has 2 aromatic carbocycles. The summed E-state index contributed by atoms with van der Waals surface area (Å²) >= 11 is 0. The SMILES string of the molecule is CCOC(C)(OCC)N(CCCCCCOCCCCc1ccccc1)C(=O)OCc1ccccc1. The minimum absolute atomic E-state index is 0.215. The lowest BCUT2D eigenvalue weighted by Crippen LogP contribution is -2.54. The van der Waals surface area contributed by atoms with E-state index in [4.69, 9.17) is 18.9 Å². The lowest BCUT2D eigenvalue weighted by Gasteiger charge is -2.39. The highest BCUT2D eigenvalue weighted by atomic mass is 16.7. The van der Waals surface area contributed by atoms with Gasteiger partial charge in [-0.1, -0.05) is 73.5 Å². The molecule has 0 saturated heterocycles. The number of carbonyl (C=O) groups excluding carboxylic acids is 1. The minimum Gasteiger partial charge on any atom is -0.444 e. The van der Waals surface area contributed by atoms with Crippen molar-refractivity contribution in [3.05, 3.63) is 71.8 Å². The van der Waals surface area contributed by atoms with E-state index in [0.717, 1.165) is 63.7 Å². The number of hydrogen-bond acceptors (Lipinski definition) is 5. The smallest absolute Gasteiger partial charge is 0.414 e. The van der Waals surface area contributed by atoms with Gasteiger partial charge in [-0.05, 0) is 57.1 Å². The van der Waals surface area contributed by atoms with E-state index in [9.17, 15) is 4.79 Å². The summed E-state index contributed by atoms with van der Waals surface area (Å²) in [5.74, 6) is -1.15. The minimum atomic E-state index is -1.15. The van der Waals surface area contributed by atoms with Crippen LogP contribution >= 0.6 is 0 Å². The van der Waals surface area contributed by atoms with Gasteiger partial charge < -0.3 is 18.9 Å². The molecule has 36 heavy (non-hydrogen) atoms. The predicted molar refractivity (Wildman–Crippen MR) is 144 cm³/mol. The Kier molecular flexibility index (Phi) is 14.9. The van der Waals surface area contributed by atoms with Gasteiger partial charge in [-0.15, -0.1) is 0 Å². The zero-order chi connectivity index (χ0) is 25.9. The topological polar surface area (TPSA) is 57.2 Å². The molecule has 0 unspecified atom stereocenters. The number of carbonyl (C=O) groups is 1. The van der Waals surface area contributed by atoms with Crippen molar-refractivity contribution in [3.8, 4) is 0 Å². The molecule has 0 aliphatic rings. The average molecular weight is 500 g/mol. The van der Waals surface area contributed by atoms with Crippen LogP contribution in [0.3, 0.4) is 0 Å². The fourth-order valence-electron chi connectivity index (χ4n) is 4.10. The molecule has 6 heteroatoms. The molecule has 0 radical (unpaired) electrons. The molecule has 0 atom stereocenters. The molecule has 1 amide bonds. The highest BCUT2D eigenvalue weighted by molar-refractivity contribution is 5.68. The Morgan fingerprint density at radius 2 is 1.31 bits per heavy atom. The molecule has 0 aliphatic carbocycles. The third-order valence-electron chi connectivity index (χ3n) is 6.01. The van der Waals surface area contributed by atoms with Crippen molar-refractivity contribution in [2.24, 2.45) is 0 Å². The average Bonchev–Trinajstić information content (AvgIpc) is 2.89. The molecule has 200 valence electrons. The molecule has 2 rings (SSSR count). The van der Waals surface area contributed by atoms with Crippen molar-refractivity contribution in [3.63, 3.8) is 0 Å². The van der Waals surface area contributed by atoms with Gasteiger partial charge in [0.25, 0.3) is 5.91 Å². The lowest BCUT2D eigenvalue weighted by molar-refractivity contribution is -0.292. The van der Waals surface area contributed by atoms with Crippen molar-refractivity contribution >= 4 is 6.09 Å². The Labute approximate surface area is 217 Å². The van der Waals surface area contributed by atoms with Gasteiger partial charge >= 0.3 is 6.09 Å². The van der Waals surface area contributed by atoms with Gasteiger partial charge in [0.2, 0.25) is 0 Å². The van der Waals surface area contributed by atoms with E-state index in [1.807, 2.05) is 44.2 Å². The summed E-state index contributed by atoms with van der Waals surface area (Å²) in [5.41, 5.74) is 2.33. The molecule has 6 nitrogen and oxygen atoms in total. The Bertz CT molecular complexity index is 809. The van der Waals surface area contributed by atoms with Crippen LogP contribution in [0.1, 0.15) is 70.4 Å². The van der Waals surface area contributed by atoms with Crippen LogP contribution in [0.2, 0.25) is 0 Å². The van der Waals surface area contributed by atoms with Crippen molar-refractivity contribution in [2.75, 3.05) is 33.0 Å². The fourth-order valence-corrected chi connectivity index (χ4v) is 4.10. The number of rotatable bonds is 19. The lowest BCUT2D eigenvalue weighted by atomic mass is 10.1. The van der Waals surface area contributed by atoms with Gasteiger partial charge in [0.1, 0.15) is 6.61 Å². The quantitative estimate of drug-likeness (QED) is 0.154. The monoisotopic (exact) mass is 499 g/mol. The van der Waals surface area contributed by atoms with Crippen LogP contribution in [0.5, 0.6) is 0 Å². The number of ether oxygens (including phenoxy) is 4. The second-order valence-electron chi connectivity index (χ2n) is 8.92. The van der Waals surface area contributed by atoms with Crippen LogP contribution in [0.25, 0.3) is 0 Å². The summed E-state index contributed by atoms with van der Waals surface area (Å²) < 4.78 is 23.1. The maximum Gasteiger partial charge on any atom is 0.414 e. The normalized spacial score (nSPS) is 11.4. The van der Waals surface area contributed by atoms with Crippen molar-refractivity contribution < 1.29 is 23.7 Å². The van der Waals surface area contributed by atoms with Crippen LogP contribution in [0, 0.1) is 0 Å². The third-order valence-corrected chi connectivity index (χ3v) is 6.01. The van der Waals surface area contributed by atoms with E-state index in [0.29, 0.717) is 19.8 Å². The Morgan fingerprint density at radius 3 is 1.92 bits per heavy atom. The summed E-state index contributed by atoms with van der Waals surface area (Å²) in [6.07, 6.45) is 6.82. The van der Waals surface area contributed by atoms with E-state index in [-0.39, 0.29) is 6.61 Å². The molecule has 0 aromatic heterocycles. The van der Waals surface area contributed by atoms with Gasteiger partial charge in [0.05, 0.1) is 0 Å². The zero-order valence-electron chi connectivity index (χ0n) is 22.5. The Hall–Kier alpha value is -2.41. The Morgan fingerprint density at radius 1 is 0.750 bits per heavy atom. The first-order valence-electron chi connectivity index (χ1n) is 13.5. The molecule has 0 bridgehead atoms. The predicted octanol–water partition coefficient (Wildman–Crippen LogP) is 6.97. The molecular weight excluding hydrogens is 454 g/mol. The van der Waals surface area contributed by atoms with Gasteiger partial charge in [0, 0.05) is 39.9 Å². The van der Waals surface area contributed by atoms with E-state index in [1.165, 1.54) is 5.56 Å². The third kappa shape index (κ3) is 11.5. The fraction of sp³-hybridized carbons (Fsp3) is 0.567. The molecule has 0 N–H and O–H groups in total. The maximum absolute atomic E-state index is 13.0. The molecular formula is C30H45NO5. The molecule has 0 heterocycles. The van der Waals surface area contributed by atoms with E-state index < -0.39 is 12.0 Å². The zero-order valence-corrected chi connectivity index (χ0v) is 22.5. The van der Waals surface area contributed by atoms with Gasteiger partial charge in [-0.2, -0.15) is 0 Å². The van der Waals surface area contributed by atoms with E-state index in [2.05, 4.69) is 30.3 Å². The van der Waals surface area contributed by atoms with Crippen molar-refractivity contribution in [1.82, 2.24) is 4.90 Å². The number of hydrogen-bond donors (Lipinski definition) is 0. The Balaban J connectivity index is 1.67. The molecule has 2 aromatic rings. The second kappa shape index (κ2) is 17.9. The van der Waals surface area contributed by atoms with Crippen LogP contribution in [-0.4, -0.2) is 49.9 Å². The first-order valence-corrected chi connectivity index (χ1v) is 13.5. The number of amides is 1. The first-order chi connectivity index (χ1) is 17.6. The van der Waals surface area contributed by atoms with Crippen molar-refractivity contribution in [1.29, 1.82) is 0 Å². The highest BCUT2D eigenvalue weighted by Gasteiger charge is 2.38. The van der Waals surface area contributed by atoms with Crippen molar-refractivity contribution in [2.45, 2.75) is 78.2 Å². The number of benzene rings is 2. The van der Waals surface area contributed by atoms with Gasteiger partial charge in [-0.25, -0.2) is 4.79 Å². The first kappa shape index (κ1) is 29.8. The van der Waals surface area contributed by atoms with Crippen LogP contribution in [0.15, 0.2) is 60.7 Å². The highest BCUT2D eigenvalue weighted by Crippen LogP contribution is 2.22. The number of unbranched alkanes of at least 4 members (excludes halogenated alkanes) is 4. The number of aryl methyl sites for hydroxylation is 1. The van der Waals surface area contributed by atoms with E-state index in [1.54, 1.807) is 11.8 Å². The molecule has 0 fully saturated rings. The summed E-state index contributed by atoms with van der Waals surface area (Å²) in [7, 11) is 0. The molecule has 0 saturated carbocycles. The standard InChI is InChI=1S/C30H45NO5/c1-4-35-30(3,36-5-2)31(29(32)34-26-28-21-12-9-13-22-28)23-15-6-7-16-24-33-25-17-14-20-27-18-10-8-11-19-27/h8-13,18-19,21-22H,4-7,14-17,20,23-26H2,1-3H3. The van der Waals surface area contributed by atoms with Gasteiger partial charge in [0.15, 0.2) is 0 Å². The second-order valence-corrected chi connectivity index (χ2v) is 8.92. The van der Waals surface area contributed by atoms with Gasteiger partial charge in [-0.3, -0.25) is 4.90 Å². The van der Waals surface area contributed by atoms with Crippen LogP contribution in [-0.2, 0) is 32.0 Å². The summed E-state index contributed by atoms with van der Waals surface area (Å²) in [5, 5.41) is 0. The summed E-state index contributed by atoms with van der Waals surface area (Å²) in [6.45, 7) is 8.76. The summed E-state index contributed by atoms with van der Waals surface area (Å²) in [4.78, 5) is 14.6. The largest absolute Gasteiger partial charge is 0.444 e. The molecule has 0 spiro atoms. The van der Waals surface area contributed by atoms with Crippen LogP contribution < -0.4 is 0 Å².